The minimum atomic E-state index is -0.949. The van der Waals surface area contributed by atoms with Crippen molar-refractivity contribution in [1.29, 1.82) is 0 Å². The van der Waals surface area contributed by atoms with Crippen LogP contribution in [-0.2, 0) is 4.79 Å². The van der Waals surface area contributed by atoms with Gasteiger partial charge in [-0.3, -0.25) is 4.79 Å². The number of para-hydroxylation sites is 1. The predicted octanol–water partition coefficient (Wildman–Crippen LogP) is 3.54. The lowest BCUT2D eigenvalue weighted by Crippen LogP contribution is -2.42. The molecule has 1 aromatic heterocycles. The van der Waals surface area contributed by atoms with Crippen molar-refractivity contribution >= 4 is 41.4 Å². The zero-order chi connectivity index (χ0) is 19.1. The standard InChI is InChI=1S/C17H17Cl2N5O2/c1-4-17(3)15(25)24(16(26)21-17)20-9-11-10(2)22-23(14(11)19)13-8-6-5-7-12(13)18/h5-9H,4H2,1-3H3,(H,21,26)/b20-9+. The van der Waals surface area contributed by atoms with Gasteiger partial charge < -0.3 is 5.32 Å². The van der Waals surface area contributed by atoms with Crippen LogP contribution in [-0.4, -0.2) is 38.5 Å². The number of imide groups is 1. The van der Waals surface area contributed by atoms with Crippen molar-refractivity contribution in [3.8, 4) is 5.69 Å². The molecule has 1 saturated heterocycles. The van der Waals surface area contributed by atoms with E-state index in [1.165, 1.54) is 10.9 Å². The summed E-state index contributed by atoms with van der Waals surface area (Å²) >= 11 is 12.6. The van der Waals surface area contributed by atoms with E-state index in [1.54, 1.807) is 32.0 Å². The number of hydrogen-bond donors (Lipinski definition) is 1. The minimum absolute atomic E-state index is 0.282. The van der Waals surface area contributed by atoms with Gasteiger partial charge >= 0.3 is 6.03 Å². The monoisotopic (exact) mass is 393 g/mol. The second kappa shape index (κ2) is 6.74. The Morgan fingerprint density at radius 1 is 1.31 bits per heavy atom. The summed E-state index contributed by atoms with van der Waals surface area (Å²) in [6, 6.07) is 6.58. The Labute approximate surface area is 160 Å². The van der Waals surface area contributed by atoms with Crippen LogP contribution in [0.15, 0.2) is 29.4 Å². The zero-order valence-corrected chi connectivity index (χ0v) is 16.0. The lowest BCUT2D eigenvalue weighted by atomic mass is 10.00. The highest BCUT2D eigenvalue weighted by atomic mass is 35.5. The van der Waals surface area contributed by atoms with Crippen LogP contribution in [0.25, 0.3) is 5.69 Å². The number of carbonyl (C=O) groups is 2. The molecule has 0 spiro atoms. The first-order valence-corrected chi connectivity index (χ1v) is 8.75. The summed E-state index contributed by atoms with van der Waals surface area (Å²) in [5.74, 6) is -0.409. The molecular weight excluding hydrogens is 377 g/mol. The number of rotatable bonds is 4. The smallest absolute Gasteiger partial charge is 0.322 e. The molecule has 0 bridgehead atoms. The van der Waals surface area contributed by atoms with E-state index in [0.29, 0.717) is 28.4 Å². The summed E-state index contributed by atoms with van der Waals surface area (Å²) in [4.78, 5) is 24.4. The molecule has 7 nitrogen and oxygen atoms in total. The van der Waals surface area contributed by atoms with E-state index >= 15 is 0 Å². The number of aryl methyl sites for hydroxylation is 1. The van der Waals surface area contributed by atoms with Crippen LogP contribution in [0, 0.1) is 6.92 Å². The summed E-state index contributed by atoms with van der Waals surface area (Å²) in [5, 5.41) is 12.6. The zero-order valence-electron chi connectivity index (χ0n) is 14.5. The molecule has 1 aromatic carbocycles. The van der Waals surface area contributed by atoms with Crippen LogP contribution in [0.2, 0.25) is 10.2 Å². The van der Waals surface area contributed by atoms with E-state index in [1.807, 2.05) is 13.0 Å². The number of amides is 3. The van der Waals surface area contributed by atoms with Crippen molar-refractivity contribution in [1.82, 2.24) is 20.1 Å². The Bertz CT molecular complexity index is 924. The molecule has 9 heteroatoms. The Kier molecular flexibility index (Phi) is 4.77. The van der Waals surface area contributed by atoms with E-state index < -0.39 is 17.5 Å². The quantitative estimate of drug-likeness (QED) is 0.636. The molecule has 0 radical (unpaired) electrons. The molecule has 1 aliphatic rings. The van der Waals surface area contributed by atoms with Crippen LogP contribution in [0.4, 0.5) is 4.79 Å². The fraction of sp³-hybridized carbons (Fsp3) is 0.294. The third-order valence-corrected chi connectivity index (χ3v) is 5.06. The third-order valence-electron chi connectivity index (χ3n) is 4.38. The second-order valence-corrected chi connectivity index (χ2v) is 6.90. The normalized spacial score (nSPS) is 20.3. The molecule has 1 aliphatic heterocycles. The van der Waals surface area contributed by atoms with Gasteiger partial charge in [-0.1, -0.05) is 42.3 Å². The summed E-state index contributed by atoms with van der Waals surface area (Å²) in [6.07, 6.45) is 1.82. The first-order valence-electron chi connectivity index (χ1n) is 7.99. The van der Waals surface area contributed by atoms with Crippen LogP contribution in [0.3, 0.4) is 0 Å². The van der Waals surface area contributed by atoms with Crippen LogP contribution in [0.1, 0.15) is 31.5 Å². The van der Waals surface area contributed by atoms with Gasteiger partial charge in [0.2, 0.25) is 0 Å². The van der Waals surface area contributed by atoms with Gasteiger partial charge in [0.05, 0.1) is 28.2 Å². The van der Waals surface area contributed by atoms with Gasteiger partial charge in [-0.15, -0.1) is 5.01 Å². The number of benzene rings is 1. The number of urea groups is 1. The number of aromatic nitrogens is 2. The average molecular weight is 394 g/mol. The molecule has 0 saturated carbocycles. The van der Waals surface area contributed by atoms with E-state index in [9.17, 15) is 9.59 Å². The molecular formula is C17H17Cl2N5O2. The van der Waals surface area contributed by atoms with Crippen LogP contribution in [0.5, 0.6) is 0 Å². The maximum absolute atomic E-state index is 12.4. The first kappa shape index (κ1) is 18.4. The number of carbonyl (C=O) groups excluding carboxylic acids is 2. The number of nitrogens with one attached hydrogen (secondary N) is 1. The topological polar surface area (TPSA) is 79.6 Å². The Morgan fingerprint density at radius 3 is 2.62 bits per heavy atom. The average Bonchev–Trinajstić information content (AvgIpc) is 3.01. The summed E-state index contributed by atoms with van der Waals surface area (Å²) < 4.78 is 1.49. The Morgan fingerprint density at radius 2 is 2.00 bits per heavy atom. The number of halogens is 2. The van der Waals surface area contributed by atoms with E-state index in [4.69, 9.17) is 23.2 Å². The molecule has 2 heterocycles. The molecule has 3 amide bonds. The Hall–Kier alpha value is -2.38. The number of hydrogen-bond acceptors (Lipinski definition) is 4. The molecule has 26 heavy (non-hydrogen) atoms. The van der Waals surface area contributed by atoms with Gasteiger partial charge in [0.1, 0.15) is 10.7 Å². The molecule has 1 atom stereocenters. The molecule has 1 fully saturated rings. The summed E-state index contributed by atoms with van der Waals surface area (Å²) in [5.41, 5.74) is 0.756. The lowest BCUT2D eigenvalue weighted by molar-refractivity contribution is -0.130. The third kappa shape index (κ3) is 2.97. The van der Waals surface area contributed by atoms with Gasteiger partial charge in [-0.25, -0.2) is 9.48 Å². The molecule has 1 N–H and O–H groups in total. The molecule has 2 aromatic rings. The van der Waals surface area contributed by atoms with Gasteiger partial charge in [0.25, 0.3) is 5.91 Å². The van der Waals surface area contributed by atoms with Crippen molar-refractivity contribution < 1.29 is 9.59 Å². The maximum atomic E-state index is 12.4. The summed E-state index contributed by atoms with van der Waals surface area (Å²) in [7, 11) is 0. The van der Waals surface area contributed by atoms with Crippen LogP contribution < -0.4 is 5.32 Å². The number of nitrogens with zero attached hydrogens (tertiary/aromatic N) is 4. The second-order valence-electron chi connectivity index (χ2n) is 6.13. The van der Waals surface area contributed by atoms with Crippen molar-refractivity contribution in [2.45, 2.75) is 32.7 Å². The van der Waals surface area contributed by atoms with E-state index in [2.05, 4.69) is 15.5 Å². The highest BCUT2D eigenvalue weighted by Gasteiger charge is 2.46. The maximum Gasteiger partial charge on any atom is 0.346 e. The first-order chi connectivity index (χ1) is 12.3. The summed E-state index contributed by atoms with van der Waals surface area (Å²) in [6.45, 7) is 5.24. The number of hydrazone groups is 1. The van der Waals surface area contributed by atoms with Gasteiger partial charge in [-0.2, -0.15) is 10.2 Å². The largest absolute Gasteiger partial charge is 0.346 e. The van der Waals surface area contributed by atoms with Gasteiger partial charge in [0, 0.05) is 0 Å². The fourth-order valence-electron chi connectivity index (χ4n) is 2.57. The van der Waals surface area contributed by atoms with Crippen molar-refractivity contribution in [3.63, 3.8) is 0 Å². The van der Waals surface area contributed by atoms with Gasteiger partial charge in [-0.05, 0) is 32.4 Å². The molecule has 0 aliphatic carbocycles. The van der Waals surface area contributed by atoms with E-state index in [-0.39, 0.29) is 5.15 Å². The van der Waals surface area contributed by atoms with Crippen molar-refractivity contribution in [2.75, 3.05) is 0 Å². The molecule has 136 valence electrons. The SMILES string of the molecule is CCC1(C)NC(=O)N(/N=C/c2c(C)nn(-c3ccccc3Cl)c2Cl)C1=O. The molecule has 3 rings (SSSR count). The highest BCUT2D eigenvalue weighted by molar-refractivity contribution is 6.34. The lowest BCUT2D eigenvalue weighted by Gasteiger charge is -2.17. The highest BCUT2D eigenvalue weighted by Crippen LogP contribution is 2.27. The van der Waals surface area contributed by atoms with Crippen molar-refractivity contribution in [2.24, 2.45) is 5.10 Å². The van der Waals surface area contributed by atoms with E-state index in [0.717, 1.165) is 5.01 Å². The predicted molar refractivity (Wildman–Crippen MR) is 100.0 cm³/mol. The fourth-order valence-corrected chi connectivity index (χ4v) is 3.10. The molecule has 1 unspecified atom stereocenters. The van der Waals surface area contributed by atoms with Crippen molar-refractivity contribution in [3.05, 3.63) is 45.7 Å². The van der Waals surface area contributed by atoms with Crippen LogP contribution >= 0.6 is 23.2 Å². The minimum Gasteiger partial charge on any atom is -0.322 e. The Balaban J connectivity index is 1.95. The van der Waals surface area contributed by atoms with Gasteiger partial charge in [0.15, 0.2) is 0 Å².